The minimum atomic E-state index is -2.58. The topological polar surface area (TPSA) is 131 Å². The summed E-state index contributed by atoms with van der Waals surface area (Å²) in [5.74, 6) is 4.57. The molecule has 8 heteroatoms. The van der Waals surface area contributed by atoms with Crippen LogP contribution in [0.5, 0.6) is 0 Å². The van der Waals surface area contributed by atoms with Crippen LogP contribution in [0, 0.1) is 11.8 Å². The van der Waals surface area contributed by atoms with E-state index in [2.05, 4.69) is 16.7 Å². The highest BCUT2D eigenvalue weighted by atomic mass is 16.6. The summed E-state index contributed by atoms with van der Waals surface area (Å²) < 4.78 is 5.34. The molecular weight excluding hydrogens is 438 g/mol. The standard InChI is InChI=1S/C26H39NO7/c1-3-27(4-2)17-11-12-18-34-24(32)26(33,23(31)22(30)21(29)19-28)25(15-9-6-10-16-25)20-13-7-5-8-14-20/h5,7-8,13-14,21-23,28-31,33H,3-4,6,9-10,15-19H2,1-2H3. The molecule has 0 radical (unpaired) electrons. The van der Waals surface area contributed by atoms with E-state index in [0.717, 1.165) is 19.5 Å². The number of aliphatic hydroxyl groups is 5. The Morgan fingerprint density at radius 1 is 1.09 bits per heavy atom. The van der Waals surface area contributed by atoms with Crippen LogP contribution in [0.25, 0.3) is 0 Å². The number of esters is 1. The summed E-state index contributed by atoms with van der Waals surface area (Å²) in [5.41, 5.74) is -3.20. The summed E-state index contributed by atoms with van der Waals surface area (Å²) in [5, 5.41) is 52.9. The number of rotatable bonds is 11. The highest BCUT2D eigenvalue weighted by Crippen LogP contribution is 2.50. The highest BCUT2D eigenvalue weighted by molar-refractivity contribution is 5.83. The normalized spacial score (nSPS) is 19.9. The van der Waals surface area contributed by atoms with Crippen LogP contribution in [0.15, 0.2) is 30.3 Å². The molecule has 1 aliphatic carbocycles. The van der Waals surface area contributed by atoms with Crippen LogP contribution in [-0.2, 0) is 14.9 Å². The Morgan fingerprint density at radius 3 is 2.26 bits per heavy atom. The number of carbonyl (C=O) groups excluding carboxylic acids is 1. The molecule has 0 saturated heterocycles. The summed E-state index contributed by atoms with van der Waals surface area (Å²) in [6.45, 7) is 5.07. The summed E-state index contributed by atoms with van der Waals surface area (Å²) in [7, 11) is 0. The molecule has 5 N–H and O–H groups in total. The van der Waals surface area contributed by atoms with Crippen LogP contribution in [0.1, 0.15) is 51.5 Å². The van der Waals surface area contributed by atoms with Crippen molar-refractivity contribution in [3.63, 3.8) is 0 Å². The van der Waals surface area contributed by atoms with Crippen LogP contribution < -0.4 is 0 Å². The van der Waals surface area contributed by atoms with E-state index in [1.165, 1.54) is 0 Å². The average molecular weight is 478 g/mol. The van der Waals surface area contributed by atoms with Crippen molar-refractivity contribution in [2.75, 3.05) is 32.8 Å². The molecule has 4 atom stereocenters. The molecule has 1 fully saturated rings. The van der Waals surface area contributed by atoms with Crippen LogP contribution in [0.2, 0.25) is 0 Å². The molecule has 0 amide bonds. The van der Waals surface area contributed by atoms with E-state index < -0.39 is 41.9 Å². The summed E-state index contributed by atoms with van der Waals surface area (Å²) in [6, 6.07) is 8.91. The summed E-state index contributed by atoms with van der Waals surface area (Å²) in [6.07, 6.45) is -2.81. The Kier molecular flexibility index (Phi) is 11.0. The first-order chi connectivity index (χ1) is 16.3. The smallest absolute Gasteiger partial charge is 0.342 e. The second-order valence-electron chi connectivity index (χ2n) is 8.85. The van der Waals surface area contributed by atoms with Gasteiger partial charge in [0.05, 0.1) is 13.2 Å². The maximum absolute atomic E-state index is 13.4. The van der Waals surface area contributed by atoms with Gasteiger partial charge in [-0.05, 0) is 31.5 Å². The lowest BCUT2D eigenvalue weighted by Gasteiger charge is -2.51. The van der Waals surface area contributed by atoms with Gasteiger partial charge in [-0.15, -0.1) is 0 Å². The zero-order chi connectivity index (χ0) is 25.2. The van der Waals surface area contributed by atoms with Gasteiger partial charge in [-0.3, -0.25) is 4.90 Å². The summed E-state index contributed by atoms with van der Waals surface area (Å²) in [4.78, 5) is 15.5. The SMILES string of the molecule is CCN(CC)CC#CCOC(=O)C(O)(C(O)C(O)C(O)CO)C1(c2ccccc2)CCCCC1. The molecule has 1 saturated carbocycles. The number of benzene rings is 1. The fourth-order valence-electron chi connectivity index (χ4n) is 4.84. The Labute approximate surface area is 202 Å². The maximum atomic E-state index is 13.4. The van der Waals surface area contributed by atoms with Crippen molar-refractivity contribution in [3.8, 4) is 11.8 Å². The Hall–Kier alpha value is -1.99. The Morgan fingerprint density at radius 2 is 1.71 bits per heavy atom. The van der Waals surface area contributed by atoms with Gasteiger partial charge >= 0.3 is 5.97 Å². The van der Waals surface area contributed by atoms with Gasteiger partial charge in [-0.2, -0.15) is 0 Å². The molecule has 0 aliphatic heterocycles. The molecule has 1 aromatic rings. The van der Waals surface area contributed by atoms with E-state index in [-0.39, 0.29) is 6.61 Å². The molecule has 8 nitrogen and oxygen atoms in total. The Balaban J connectivity index is 2.43. The van der Waals surface area contributed by atoms with Crippen molar-refractivity contribution >= 4 is 5.97 Å². The van der Waals surface area contributed by atoms with Gasteiger partial charge in [-0.25, -0.2) is 4.79 Å². The number of hydrogen-bond acceptors (Lipinski definition) is 8. The minimum absolute atomic E-state index is 0.293. The number of hydrogen-bond donors (Lipinski definition) is 5. The fourth-order valence-corrected chi connectivity index (χ4v) is 4.84. The van der Waals surface area contributed by atoms with Crippen molar-refractivity contribution < 1.29 is 35.1 Å². The van der Waals surface area contributed by atoms with Crippen molar-refractivity contribution in [1.29, 1.82) is 0 Å². The monoisotopic (exact) mass is 477 g/mol. The fraction of sp³-hybridized carbons (Fsp3) is 0.654. The molecule has 0 aromatic heterocycles. The molecule has 1 aromatic carbocycles. The second-order valence-corrected chi connectivity index (χ2v) is 8.85. The predicted molar refractivity (Wildman–Crippen MR) is 128 cm³/mol. The highest BCUT2D eigenvalue weighted by Gasteiger charge is 2.63. The minimum Gasteiger partial charge on any atom is -0.450 e. The second kappa shape index (κ2) is 13.2. The van der Waals surface area contributed by atoms with Gasteiger partial charge in [0, 0.05) is 5.41 Å². The van der Waals surface area contributed by atoms with E-state index >= 15 is 0 Å². The first kappa shape index (κ1) is 28.2. The molecule has 190 valence electrons. The summed E-state index contributed by atoms with van der Waals surface area (Å²) >= 11 is 0. The predicted octanol–water partition coefficient (Wildman–Crippen LogP) is 0.583. The largest absolute Gasteiger partial charge is 0.450 e. The lowest BCUT2D eigenvalue weighted by molar-refractivity contribution is -0.216. The molecule has 34 heavy (non-hydrogen) atoms. The third kappa shape index (κ3) is 5.98. The van der Waals surface area contributed by atoms with Crippen LogP contribution >= 0.6 is 0 Å². The van der Waals surface area contributed by atoms with Gasteiger partial charge < -0.3 is 30.3 Å². The lowest BCUT2D eigenvalue weighted by Crippen LogP contribution is -2.69. The van der Waals surface area contributed by atoms with Crippen molar-refractivity contribution in [1.82, 2.24) is 4.90 Å². The van der Waals surface area contributed by atoms with Gasteiger partial charge in [-0.1, -0.05) is 75.3 Å². The van der Waals surface area contributed by atoms with Gasteiger partial charge in [0.2, 0.25) is 0 Å². The Bertz CT molecular complexity index is 811. The van der Waals surface area contributed by atoms with E-state index in [9.17, 15) is 30.3 Å². The quantitative estimate of drug-likeness (QED) is 0.231. The zero-order valence-electron chi connectivity index (χ0n) is 20.2. The van der Waals surface area contributed by atoms with E-state index in [4.69, 9.17) is 4.74 Å². The maximum Gasteiger partial charge on any atom is 0.342 e. The van der Waals surface area contributed by atoms with E-state index in [1.54, 1.807) is 24.3 Å². The third-order valence-electron chi connectivity index (χ3n) is 7.00. The molecule has 4 unspecified atom stereocenters. The number of ether oxygens (including phenoxy) is 1. The van der Waals surface area contributed by atoms with Crippen molar-refractivity contribution in [2.45, 2.75) is 75.3 Å². The van der Waals surface area contributed by atoms with Gasteiger partial charge in [0.25, 0.3) is 0 Å². The number of nitrogens with zero attached hydrogens (tertiary/aromatic N) is 1. The van der Waals surface area contributed by atoms with Crippen LogP contribution in [0.4, 0.5) is 0 Å². The average Bonchev–Trinajstić information content (AvgIpc) is 2.89. The van der Waals surface area contributed by atoms with Gasteiger partial charge in [0.15, 0.2) is 12.2 Å². The van der Waals surface area contributed by atoms with Crippen molar-refractivity contribution in [2.24, 2.45) is 0 Å². The first-order valence-corrected chi connectivity index (χ1v) is 12.1. The van der Waals surface area contributed by atoms with E-state index in [0.29, 0.717) is 37.8 Å². The van der Waals surface area contributed by atoms with Gasteiger partial charge in [0.1, 0.15) is 18.3 Å². The number of carbonyl (C=O) groups is 1. The van der Waals surface area contributed by atoms with Crippen molar-refractivity contribution in [3.05, 3.63) is 35.9 Å². The molecule has 0 spiro atoms. The molecule has 0 bridgehead atoms. The zero-order valence-corrected chi connectivity index (χ0v) is 20.2. The van der Waals surface area contributed by atoms with E-state index in [1.807, 2.05) is 19.9 Å². The lowest BCUT2D eigenvalue weighted by atomic mass is 9.57. The molecule has 1 aliphatic rings. The number of aliphatic hydroxyl groups excluding tert-OH is 4. The third-order valence-corrected chi connectivity index (χ3v) is 7.00. The molecule has 2 rings (SSSR count). The molecule has 0 heterocycles. The van der Waals surface area contributed by atoms with Crippen LogP contribution in [-0.4, -0.2) is 93.2 Å². The van der Waals surface area contributed by atoms with Crippen LogP contribution in [0.3, 0.4) is 0 Å². The molecular formula is C26H39NO7. The first-order valence-electron chi connectivity index (χ1n) is 12.1.